The van der Waals surface area contributed by atoms with Crippen LogP contribution in [0.2, 0.25) is 0 Å². The molecule has 1 aromatic carbocycles. The average molecular weight is 255 g/mol. The van der Waals surface area contributed by atoms with Gasteiger partial charge >= 0.3 is 5.97 Å². The molecule has 0 aliphatic rings. The number of methoxy groups -OCH3 is 1. The number of hydrogen-bond acceptors (Lipinski definition) is 3. The Balaban J connectivity index is 2.82. The van der Waals surface area contributed by atoms with E-state index in [9.17, 15) is 4.79 Å². The van der Waals surface area contributed by atoms with Crippen molar-refractivity contribution in [1.82, 2.24) is 0 Å². The monoisotopic (exact) mass is 254 g/mol. The summed E-state index contributed by atoms with van der Waals surface area (Å²) in [5, 5.41) is 0. The number of halogens is 1. The van der Waals surface area contributed by atoms with Gasteiger partial charge in [-0.1, -0.05) is 6.07 Å². The van der Waals surface area contributed by atoms with Crippen LogP contribution < -0.4 is 4.74 Å². The Hall–Kier alpha value is -1.48. The van der Waals surface area contributed by atoms with Gasteiger partial charge in [-0.25, -0.2) is 4.79 Å². The third-order valence-corrected chi connectivity index (χ3v) is 2.43. The van der Waals surface area contributed by atoms with Crippen LogP contribution in [-0.2, 0) is 15.4 Å². The molecule has 0 radical (unpaired) electrons. The third kappa shape index (κ3) is 4.11. The summed E-state index contributed by atoms with van der Waals surface area (Å²) < 4.78 is 9.94. The molecule has 0 aliphatic carbocycles. The Kier molecular flexibility index (Phi) is 5.57. The maximum Gasteiger partial charge on any atom is 0.330 e. The molecule has 0 bridgehead atoms. The molecule has 0 saturated heterocycles. The van der Waals surface area contributed by atoms with Crippen LogP contribution in [0.4, 0.5) is 0 Å². The Morgan fingerprint density at radius 1 is 1.47 bits per heavy atom. The molecule has 0 spiro atoms. The highest BCUT2D eigenvalue weighted by molar-refractivity contribution is 6.17. The standard InChI is InChI=1S/C13H15ClO3/c1-3-17-13(15)7-5-10-4-6-12(16-2)11(8-10)9-14/h4-8H,3,9H2,1-2H3. The molecule has 0 atom stereocenters. The molecule has 0 unspecified atom stereocenters. The van der Waals surface area contributed by atoms with E-state index in [2.05, 4.69) is 0 Å². The Labute approximate surface area is 106 Å². The van der Waals surface area contributed by atoms with Gasteiger partial charge in [-0.3, -0.25) is 0 Å². The molecule has 0 aliphatic heterocycles. The topological polar surface area (TPSA) is 35.5 Å². The second-order valence-corrected chi connectivity index (χ2v) is 3.56. The molecular formula is C13H15ClO3. The summed E-state index contributed by atoms with van der Waals surface area (Å²) in [7, 11) is 1.60. The van der Waals surface area contributed by atoms with Crippen LogP contribution in [0, 0.1) is 0 Å². The van der Waals surface area contributed by atoms with Crippen LogP contribution >= 0.6 is 11.6 Å². The van der Waals surface area contributed by atoms with Gasteiger partial charge in [0.05, 0.1) is 19.6 Å². The van der Waals surface area contributed by atoms with Crippen molar-refractivity contribution in [2.45, 2.75) is 12.8 Å². The molecule has 0 fully saturated rings. The van der Waals surface area contributed by atoms with Crippen LogP contribution in [0.3, 0.4) is 0 Å². The zero-order valence-electron chi connectivity index (χ0n) is 9.90. The number of alkyl halides is 1. The van der Waals surface area contributed by atoms with Gasteiger partial charge in [0.2, 0.25) is 0 Å². The predicted molar refractivity (Wildman–Crippen MR) is 68.2 cm³/mol. The number of ether oxygens (including phenoxy) is 2. The summed E-state index contributed by atoms with van der Waals surface area (Å²) in [5.74, 6) is 0.758. The fourth-order valence-corrected chi connectivity index (χ4v) is 1.57. The zero-order chi connectivity index (χ0) is 12.7. The lowest BCUT2D eigenvalue weighted by atomic mass is 10.1. The highest BCUT2D eigenvalue weighted by atomic mass is 35.5. The highest BCUT2D eigenvalue weighted by Gasteiger charge is 2.02. The van der Waals surface area contributed by atoms with E-state index in [0.717, 1.165) is 16.9 Å². The van der Waals surface area contributed by atoms with Crippen LogP contribution in [0.1, 0.15) is 18.1 Å². The van der Waals surface area contributed by atoms with Gasteiger partial charge in [0.25, 0.3) is 0 Å². The van der Waals surface area contributed by atoms with Crippen molar-refractivity contribution in [1.29, 1.82) is 0 Å². The number of carbonyl (C=O) groups is 1. The van der Waals surface area contributed by atoms with Crippen LogP contribution in [0.15, 0.2) is 24.3 Å². The van der Waals surface area contributed by atoms with Gasteiger partial charge in [0.1, 0.15) is 5.75 Å². The van der Waals surface area contributed by atoms with Gasteiger partial charge < -0.3 is 9.47 Å². The van der Waals surface area contributed by atoms with E-state index in [4.69, 9.17) is 21.1 Å². The van der Waals surface area contributed by atoms with Gasteiger partial charge in [-0.15, -0.1) is 11.6 Å². The Morgan fingerprint density at radius 2 is 2.24 bits per heavy atom. The molecular weight excluding hydrogens is 240 g/mol. The first-order valence-electron chi connectivity index (χ1n) is 5.29. The molecule has 0 heterocycles. The Bertz CT molecular complexity index is 413. The minimum Gasteiger partial charge on any atom is -0.496 e. The summed E-state index contributed by atoms with van der Waals surface area (Å²) in [6, 6.07) is 5.55. The van der Waals surface area contributed by atoms with Gasteiger partial charge in [0, 0.05) is 11.6 Å². The fraction of sp³-hybridized carbons (Fsp3) is 0.308. The first-order chi connectivity index (χ1) is 8.21. The maximum atomic E-state index is 11.1. The van der Waals surface area contributed by atoms with Crippen molar-refractivity contribution in [2.24, 2.45) is 0 Å². The maximum absolute atomic E-state index is 11.1. The minimum atomic E-state index is -0.351. The summed E-state index contributed by atoms with van der Waals surface area (Å²) in [5.41, 5.74) is 1.77. The second kappa shape index (κ2) is 6.97. The molecule has 0 aromatic heterocycles. The van der Waals surface area contributed by atoms with Crippen molar-refractivity contribution >= 4 is 23.6 Å². The van der Waals surface area contributed by atoms with Gasteiger partial charge in [-0.05, 0) is 30.7 Å². The van der Waals surface area contributed by atoms with Crippen LogP contribution in [0.25, 0.3) is 6.08 Å². The number of benzene rings is 1. The van der Waals surface area contributed by atoms with E-state index in [1.807, 2.05) is 18.2 Å². The molecule has 1 aromatic rings. The van der Waals surface area contributed by atoms with Crippen molar-refractivity contribution in [3.63, 3.8) is 0 Å². The summed E-state index contributed by atoms with van der Waals surface area (Å²) in [6.45, 7) is 2.14. The SMILES string of the molecule is CCOC(=O)C=Cc1ccc(OC)c(CCl)c1. The van der Waals surface area contributed by atoms with E-state index >= 15 is 0 Å². The number of carbonyl (C=O) groups excluding carboxylic acids is 1. The molecule has 0 saturated carbocycles. The van der Waals surface area contributed by atoms with Crippen molar-refractivity contribution < 1.29 is 14.3 Å². The highest BCUT2D eigenvalue weighted by Crippen LogP contribution is 2.22. The fourth-order valence-electron chi connectivity index (χ4n) is 1.36. The van der Waals surface area contributed by atoms with Crippen LogP contribution in [-0.4, -0.2) is 19.7 Å². The number of rotatable bonds is 5. The minimum absolute atomic E-state index is 0.351. The second-order valence-electron chi connectivity index (χ2n) is 3.29. The molecule has 0 amide bonds. The lowest BCUT2D eigenvalue weighted by Gasteiger charge is -2.06. The number of esters is 1. The summed E-state index contributed by atoms with van der Waals surface area (Å²) in [4.78, 5) is 11.1. The summed E-state index contributed by atoms with van der Waals surface area (Å²) in [6.07, 6.45) is 3.08. The molecule has 4 heteroatoms. The first-order valence-corrected chi connectivity index (χ1v) is 5.82. The molecule has 92 valence electrons. The van der Waals surface area contributed by atoms with Crippen LogP contribution in [0.5, 0.6) is 5.75 Å². The lowest BCUT2D eigenvalue weighted by molar-refractivity contribution is -0.137. The molecule has 1 rings (SSSR count). The van der Waals surface area contributed by atoms with E-state index in [1.165, 1.54) is 6.08 Å². The zero-order valence-corrected chi connectivity index (χ0v) is 10.7. The van der Waals surface area contributed by atoms with E-state index < -0.39 is 0 Å². The van der Waals surface area contributed by atoms with Crippen molar-refractivity contribution in [3.8, 4) is 5.75 Å². The number of hydrogen-bond donors (Lipinski definition) is 0. The van der Waals surface area contributed by atoms with Crippen molar-refractivity contribution in [2.75, 3.05) is 13.7 Å². The molecule has 0 N–H and O–H groups in total. The average Bonchev–Trinajstić information content (AvgIpc) is 2.36. The normalized spacial score (nSPS) is 10.5. The van der Waals surface area contributed by atoms with Crippen molar-refractivity contribution in [3.05, 3.63) is 35.4 Å². The molecule has 3 nitrogen and oxygen atoms in total. The lowest BCUT2D eigenvalue weighted by Crippen LogP contribution is -1.98. The van der Waals surface area contributed by atoms with E-state index in [0.29, 0.717) is 12.5 Å². The predicted octanol–water partition coefficient (Wildman–Crippen LogP) is 3.01. The van der Waals surface area contributed by atoms with E-state index in [1.54, 1.807) is 20.1 Å². The van der Waals surface area contributed by atoms with E-state index in [-0.39, 0.29) is 5.97 Å². The first kappa shape index (κ1) is 13.6. The summed E-state index contributed by atoms with van der Waals surface area (Å²) >= 11 is 5.80. The molecule has 17 heavy (non-hydrogen) atoms. The smallest absolute Gasteiger partial charge is 0.330 e. The largest absolute Gasteiger partial charge is 0.496 e. The Morgan fingerprint density at radius 3 is 2.82 bits per heavy atom. The quantitative estimate of drug-likeness (QED) is 0.460. The van der Waals surface area contributed by atoms with Gasteiger partial charge in [0.15, 0.2) is 0 Å². The van der Waals surface area contributed by atoms with Gasteiger partial charge in [-0.2, -0.15) is 0 Å². The third-order valence-electron chi connectivity index (χ3n) is 2.15.